The van der Waals surface area contributed by atoms with E-state index >= 15 is 0 Å². The lowest BCUT2D eigenvalue weighted by Crippen LogP contribution is -2.63. The van der Waals surface area contributed by atoms with Crippen LogP contribution in [0.5, 0.6) is 0 Å². The molecule has 3 heteroatoms. The van der Waals surface area contributed by atoms with E-state index in [-0.39, 0.29) is 0 Å². The van der Waals surface area contributed by atoms with Crippen molar-refractivity contribution in [3.63, 3.8) is 0 Å². The largest absolute Gasteiger partial charge is 0.409 e. The Kier molecular flexibility index (Phi) is 3.52. The zero-order valence-electron chi connectivity index (χ0n) is 15.3. The number of amidine groups is 1. The molecule has 1 heterocycles. The lowest BCUT2D eigenvalue weighted by Gasteiger charge is -2.63. The van der Waals surface area contributed by atoms with E-state index in [1.807, 2.05) is 0 Å². The maximum absolute atomic E-state index is 9.33. The summed E-state index contributed by atoms with van der Waals surface area (Å²) in [5.41, 5.74) is 0.973. The number of hydrogen-bond acceptors (Lipinski definition) is 2. The third-order valence-electron chi connectivity index (χ3n) is 8.62. The summed E-state index contributed by atoms with van der Waals surface area (Å²) in [7, 11) is 2.15. The molecule has 7 atom stereocenters. The topological polar surface area (TPSA) is 35.8 Å². The molecule has 3 aliphatic carbocycles. The molecule has 0 amide bonds. The lowest BCUT2D eigenvalue weighted by atomic mass is 9.45. The predicted molar refractivity (Wildman–Crippen MR) is 93.2 cm³/mol. The standard InChI is InChI=1S/C20H33N2O/c1-13-12-16-20(3,11-8-17(21-23)22(16)4)15-7-10-19(2)9-5-6-14(19)18(13)15/h5,13-16,18,23H,6-12H2,1-4H3/t13?,14-,15+,16?,18-,19-,20+/m0/s1. The first kappa shape index (κ1) is 15.8. The maximum atomic E-state index is 9.33. The minimum atomic E-state index is 0.393. The smallest absolute Gasteiger partial charge is 0.144 e. The van der Waals surface area contributed by atoms with E-state index in [9.17, 15) is 5.21 Å². The van der Waals surface area contributed by atoms with Gasteiger partial charge < -0.3 is 10.1 Å². The van der Waals surface area contributed by atoms with Crippen LogP contribution in [0, 0.1) is 40.9 Å². The molecule has 0 spiro atoms. The quantitative estimate of drug-likeness (QED) is 0.525. The summed E-state index contributed by atoms with van der Waals surface area (Å²) in [4.78, 5) is 2.31. The predicted octanol–water partition coefficient (Wildman–Crippen LogP) is 4.56. The third kappa shape index (κ3) is 2.04. The summed E-state index contributed by atoms with van der Waals surface area (Å²) in [6, 6.07) is 0.549. The van der Waals surface area contributed by atoms with Crippen LogP contribution in [0.25, 0.3) is 0 Å². The Labute approximate surface area is 141 Å². The van der Waals surface area contributed by atoms with Crippen molar-refractivity contribution in [2.45, 2.75) is 71.8 Å². The van der Waals surface area contributed by atoms with Gasteiger partial charge in [-0.15, -0.1) is 0 Å². The van der Waals surface area contributed by atoms with Crippen LogP contribution < -0.4 is 0 Å². The van der Waals surface area contributed by atoms with Gasteiger partial charge in [-0.1, -0.05) is 25.9 Å². The molecule has 4 aliphatic rings. The number of rotatable bonds is 0. The van der Waals surface area contributed by atoms with Crippen molar-refractivity contribution >= 4 is 5.84 Å². The maximum Gasteiger partial charge on any atom is 0.144 e. The van der Waals surface area contributed by atoms with E-state index in [4.69, 9.17) is 0 Å². The van der Waals surface area contributed by atoms with E-state index in [1.165, 1.54) is 38.5 Å². The fourth-order valence-electron chi connectivity index (χ4n) is 7.29. The molecule has 0 aromatic heterocycles. The molecule has 129 valence electrons. The van der Waals surface area contributed by atoms with E-state index in [1.54, 1.807) is 0 Å². The SMILES string of the molecule is CC1CC2N(C)C(=NO)CC[C@]2(C)[C@@H]2CC[C@]3(C)C[CH]C[C@H]3[C@H]12. The Balaban J connectivity index is 1.69. The van der Waals surface area contributed by atoms with Gasteiger partial charge in [0.1, 0.15) is 5.84 Å². The molecule has 4 rings (SSSR count). The summed E-state index contributed by atoms with van der Waals surface area (Å²) in [6.07, 6.45) is 11.5. The molecule has 2 unspecified atom stereocenters. The van der Waals surface area contributed by atoms with Crippen LogP contribution in [0.15, 0.2) is 5.16 Å². The first-order valence-corrected chi connectivity index (χ1v) is 9.66. The second-order valence-corrected chi connectivity index (χ2v) is 9.57. The molecule has 23 heavy (non-hydrogen) atoms. The van der Waals surface area contributed by atoms with Gasteiger partial charge in [0, 0.05) is 19.5 Å². The van der Waals surface area contributed by atoms with E-state index in [0.29, 0.717) is 16.9 Å². The van der Waals surface area contributed by atoms with Gasteiger partial charge in [-0.2, -0.15) is 0 Å². The average molecular weight is 317 g/mol. The summed E-state index contributed by atoms with van der Waals surface area (Å²) in [5.74, 6) is 4.34. The average Bonchev–Trinajstić information content (AvgIpc) is 2.91. The van der Waals surface area contributed by atoms with Crippen LogP contribution in [0.3, 0.4) is 0 Å². The summed E-state index contributed by atoms with van der Waals surface area (Å²) in [5, 5.41) is 12.9. The zero-order valence-corrected chi connectivity index (χ0v) is 15.3. The molecule has 1 aliphatic heterocycles. The molecular weight excluding hydrogens is 284 g/mol. The highest BCUT2D eigenvalue weighted by Crippen LogP contribution is 2.65. The zero-order chi connectivity index (χ0) is 16.4. The minimum Gasteiger partial charge on any atom is -0.409 e. The number of nitrogens with zero attached hydrogens (tertiary/aromatic N) is 2. The van der Waals surface area contributed by atoms with Crippen molar-refractivity contribution in [1.82, 2.24) is 4.90 Å². The van der Waals surface area contributed by atoms with Crippen molar-refractivity contribution in [1.29, 1.82) is 0 Å². The van der Waals surface area contributed by atoms with Crippen molar-refractivity contribution in [2.75, 3.05) is 7.05 Å². The van der Waals surface area contributed by atoms with Gasteiger partial charge in [-0.05, 0) is 79.4 Å². The fraction of sp³-hybridized carbons (Fsp3) is 0.900. The highest BCUT2D eigenvalue weighted by molar-refractivity contribution is 5.82. The molecule has 1 saturated heterocycles. The summed E-state index contributed by atoms with van der Waals surface area (Å²) >= 11 is 0. The van der Waals surface area contributed by atoms with Crippen molar-refractivity contribution in [3.05, 3.63) is 6.42 Å². The molecular formula is C20H33N2O. The lowest BCUT2D eigenvalue weighted by molar-refractivity contribution is -0.121. The highest BCUT2D eigenvalue weighted by atomic mass is 16.4. The summed E-state index contributed by atoms with van der Waals surface area (Å²) < 4.78 is 0. The van der Waals surface area contributed by atoms with Crippen LogP contribution in [0.2, 0.25) is 0 Å². The first-order chi connectivity index (χ1) is 10.9. The first-order valence-electron chi connectivity index (χ1n) is 9.66. The molecule has 0 aromatic carbocycles. The Morgan fingerprint density at radius 2 is 2.04 bits per heavy atom. The number of piperidine rings is 1. The second-order valence-electron chi connectivity index (χ2n) is 9.57. The molecule has 4 fully saturated rings. The number of hydrogen-bond donors (Lipinski definition) is 1. The molecule has 0 bridgehead atoms. The Morgan fingerprint density at radius 3 is 2.78 bits per heavy atom. The van der Waals surface area contributed by atoms with E-state index in [2.05, 4.69) is 44.3 Å². The fourth-order valence-corrected chi connectivity index (χ4v) is 7.29. The number of likely N-dealkylation sites (tertiary alicyclic amines) is 1. The molecule has 1 N–H and O–H groups in total. The van der Waals surface area contributed by atoms with Crippen LogP contribution in [0.1, 0.15) is 65.7 Å². The molecule has 0 aromatic rings. The van der Waals surface area contributed by atoms with Crippen LogP contribution in [-0.4, -0.2) is 29.0 Å². The van der Waals surface area contributed by atoms with Crippen LogP contribution in [0.4, 0.5) is 0 Å². The second kappa shape index (κ2) is 5.13. The molecule has 3 saturated carbocycles. The van der Waals surface area contributed by atoms with Gasteiger partial charge in [0.05, 0.1) is 0 Å². The number of fused-ring (bicyclic) bond motifs is 5. The highest BCUT2D eigenvalue weighted by Gasteiger charge is 2.60. The van der Waals surface area contributed by atoms with Gasteiger partial charge in [-0.3, -0.25) is 0 Å². The number of oxime groups is 1. The van der Waals surface area contributed by atoms with Gasteiger partial charge in [0.2, 0.25) is 0 Å². The Morgan fingerprint density at radius 1 is 1.26 bits per heavy atom. The van der Waals surface area contributed by atoms with Crippen molar-refractivity contribution in [2.24, 2.45) is 39.7 Å². The van der Waals surface area contributed by atoms with Crippen molar-refractivity contribution in [3.8, 4) is 0 Å². The van der Waals surface area contributed by atoms with Crippen LogP contribution in [-0.2, 0) is 0 Å². The normalized spacial score (nSPS) is 54.5. The van der Waals surface area contributed by atoms with Gasteiger partial charge in [-0.25, -0.2) is 0 Å². The molecule has 3 nitrogen and oxygen atoms in total. The monoisotopic (exact) mass is 317 g/mol. The Hall–Kier alpha value is -0.730. The summed E-state index contributed by atoms with van der Waals surface area (Å²) in [6.45, 7) is 7.61. The molecule has 1 radical (unpaired) electrons. The third-order valence-corrected chi connectivity index (χ3v) is 8.62. The minimum absolute atomic E-state index is 0.393. The van der Waals surface area contributed by atoms with Crippen LogP contribution >= 0.6 is 0 Å². The van der Waals surface area contributed by atoms with Gasteiger partial charge >= 0.3 is 0 Å². The van der Waals surface area contributed by atoms with Gasteiger partial charge in [0.25, 0.3) is 0 Å². The van der Waals surface area contributed by atoms with E-state index in [0.717, 1.165) is 35.9 Å². The Bertz CT molecular complexity index is 518. The van der Waals surface area contributed by atoms with Gasteiger partial charge in [0.15, 0.2) is 0 Å². The van der Waals surface area contributed by atoms with Crippen molar-refractivity contribution < 1.29 is 5.21 Å². The van der Waals surface area contributed by atoms with E-state index < -0.39 is 0 Å².